The molecule has 1 atom stereocenters. The highest BCUT2D eigenvalue weighted by Gasteiger charge is 2.12. The normalized spacial score (nSPS) is 12.7. The minimum absolute atomic E-state index is 0.0720. The first kappa shape index (κ1) is 13.5. The molecule has 2 N–H and O–H groups in total. The van der Waals surface area contributed by atoms with E-state index in [0.29, 0.717) is 0 Å². The van der Waals surface area contributed by atoms with Gasteiger partial charge >= 0.3 is 0 Å². The number of amides is 1. The van der Waals surface area contributed by atoms with E-state index >= 15 is 0 Å². The van der Waals surface area contributed by atoms with E-state index in [1.807, 2.05) is 32.1 Å². The Kier molecular flexibility index (Phi) is 4.52. The summed E-state index contributed by atoms with van der Waals surface area (Å²) in [5, 5.41) is 2.93. The van der Waals surface area contributed by atoms with Gasteiger partial charge in [0.2, 0.25) is 5.91 Å². The third-order valence-corrected chi connectivity index (χ3v) is 3.70. The number of carbonyl (C=O) groups excluding carboxylic acids is 1. The number of aromatic nitrogens is 2. The highest BCUT2D eigenvalue weighted by molar-refractivity contribution is 7.12. The van der Waals surface area contributed by atoms with E-state index in [-0.39, 0.29) is 11.9 Å². The van der Waals surface area contributed by atoms with E-state index in [2.05, 4.69) is 15.3 Å². The Balaban J connectivity index is 1.95. The summed E-state index contributed by atoms with van der Waals surface area (Å²) in [5.41, 5.74) is 0. The molecule has 19 heavy (non-hydrogen) atoms. The van der Waals surface area contributed by atoms with Gasteiger partial charge in [0, 0.05) is 28.2 Å². The molecule has 0 spiro atoms. The van der Waals surface area contributed by atoms with Crippen molar-refractivity contribution in [3.63, 3.8) is 0 Å². The molecule has 2 aromatic rings. The Morgan fingerprint density at radius 2 is 2.42 bits per heavy atom. The van der Waals surface area contributed by atoms with Crippen LogP contribution in [0.5, 0.6) is 0 Å². The second-order valence-electron chi connectivity index (χ2n) is 4.23. The van der Waals surface area contributed by atoms with Crippen LogP contribution in [0.4, 0.5) is 0 Å². The molecule has 0 aliphatic carbocycles. The topological polar surface area (TPSA) is 57.8 Å². The van der Waals surface area contributed by atoms with Crippen LogP contribution in [0.15, 0.2) is 30.6 Å². The van der Waals surface area contributed by atoms with Crippen LogP contribution < -0.4 is 5.32 Å². The minimum Gasteiger partial charge on any atom is -0.347 e. The number of aryl methyl sites for hydroxylation is 1. The molecule has 0 bridgehead atoms. The van der Waals surface area contributed by atoms with Crippen molar-refractivity contribution < 1.29 is 4.79 Å². The maximum atomic E-state index is 11.9. The lowest BCUT2D eigenvalue weighted by Gasteiger charge is -2.12. The zero-order chi connectivity index (χ0) is 13.7. The van der Waals surface area contributed by atoms with Gasteiger partial charge in [0.25, 0.3) is 0 Å². The summed E-state index contributed by atoms with van der Waals surface area (Å²) < 4.78 is 0. The molecule has 0 aromatic carbocycles. The molecule has 0 fully saturated rings. The number of thiophene rings is 1. The van der Waals surface area contributed by atoms with Gasteiger partial charge in [-0.05, 0) is 31.6 Å². The van der Waals surface area contributed by atoms with E-state index in [9.17, 15) is 4.79 Å². The largest absolute Gasteiger partial charge is 0.347 e. The Morgan fingerprint density at radius 3 is 3.00 bits per heavy atom. The van der Waals surface area contributed by atoms with E-state index in [0.717, 1.165) is 17.1 Å². The molecule has 4 nitrogen and oxygen atoms in total. The second kappa shape index (κ2) is 6.33. The SMILES string of the molecule is CCC(NC(=O)/C=C/c1ccc(C)s1)c1ncc[nH]1. The molecular weight excluding hydrogens is 258 g/mol. The van der Waals surface area contributed by atoms with E-state index in [1.54, 1.807) is 29.8 Å². The first-order valence-corrected chi connectivity index (χ1v) is 7.05. The molecule has 2 heterocycles. The average molecular weight is 275 g/mol. The summed E-state index contributed by atoms with van der Waals surface area (Å²) in [5.74, 6) is 0.686. The zero-order valence-electron chi connectivity index (χ0n) is 11.0. The van der Waals surface area contributed by atoms with Gasteiger partial charge in [-0.25, -0.2) is 4.98 Å². The Labute approximate surface area is 116 Å². The number of rotatable bonds is 5. The van der Waals surface area contributed by atoms with Crippen LogP contribution in [-0.2, 0) is 4.79 Å². The van der Waals surface area contributed by atoms with E-state index < -0.39 is 0 Å². The lowest BCUT2D eigenvalue weighted by atomic mass is 10.2. The molecule has 0 saturated carbocycles. The maximum absolute atomic E-state index is 11.9. The van der Waals surface area contributed by atoms with Gasteiger partial charge in [0.1, 0.15) is 5.82 Å². The van der Waals surface area contributed by atoms with Crippen molar-refractivity contribution in [3.8, 4) is 0 Å². The van der Waals surface area contributed by atoms with Crippen molar-refractivity contribution >= 4 is 23.3 Å². The minimum atomic E-state index is -0.102. The van der Waals surface area contributed by atoms with Gasteiger partial charge in [-0.15, -0.1) is 11.3 Å². The molecule has 100 valence electrons. The zero-order valence-corrected chi connectivity index (χ0v) is 11.8. The number of imidazole rings is 1. The second-order valence-corrected chi connectivity index (χ2v) is 5.55. The molecular formula is C14H17N3OS. The van der Waals surface area contributed by atoms with E-state index in [1.165, 1.54) is 4.88 Å². The maximum Gasteiger partial charge on any atom is 0.244 e. The van der Waals surface area contributed by atoms with Crippen molar-refractivity contribution in [2.24, 2.45) is 0 Å². The third kappa shape index (κ3) is 3.79. The standard InChI is InChI=1S/C14H17N3OS/c1-3-12(14-15-8-9-16-14)17-13(18)7-6-11-5-4-10(2)19-11/h4-9,12H,3H2,1-2H3,(H,15,16)(H,17,18)/b7-6+. The van der Waals surface area contributed by atoms with Gasteiger partial charge in [-0.2, -0.15) is 0 Å². The molecule has 1 unspecified atom stereocenters. The third-order valence-electron chi connectivity index (χ3n) is 2.73. The highest BCUT2D eigenvalue weighted by Crippen LogP contribution is 2.16. The van der Waals surface area contributed by atoms with Crippen LogP contribution in [0, 0.1) is 6.92 Å². The highest BCUT2D eigenvalue weighted by atomic mass is 32.1. The fraction of sp³-hybridized carbons (Fsp3) is 0.286. The van der Waals surface area contributed by atoms with Crippen LogP contribution in [0.3, 0.4) is 0 Å². The van der Waals surface area contributed by atoms with Crippen LogP contribution in [0.2, 0.25) is 0 Å². The fourth-order valence-corrected chi connectivity index (χ4v) is 2.53. The fourth-order valence-electron chi connectivity index (χ4n) is 1.75. The van der Waals surface area contributed by atoms with Crippen molar-refractivity contribution in [2.45, 2.75) is 26.3 Å². The van der Waals surface area contributed by atoms with Crippen molar-refractivity contribution in [1.82, 2.24) is 15.3 Å². The monoisotopic (exact) mass is 275 g/mol. The summed E-state index contributed by atoms with van der Waals surface area (Å²) in [4.78, 5) is 21.4. The van der Waals surface area contributed by atoms with Crippen LogP contribution in [0.1, 0.15) is 35.0 Å². The molecule has 2 aromatic heterocycles. The molecule has 0 aliphatic rings. The molecule has 2 rings (SSSR count). The smallest absolute Gasteiger partial charge is 0.244 e. The summed E-state index contributed by atoms with van der Waals surface area (Å²) in [6, 6.07) is 3.98. The predicted octanol–water partition coefficient (Wildman–Crippen LogP) is 3.06. The van der Waals surface area contributed by atoms with Crippen molar-refractivity contribution in [2.75, 3.05) is 0 Å². The molecule has 0 saturated heterocycles. The summed E-state index contributed by atoms with van der Waals surface area (Å²) >= 11 is 1.67. The Hall–Kier alpha value is -1.88. The van der Waals surface area contributed by atoms with Crippen LogP contribution >= 0.6 is 11.3 Å². The number of carbonyl (C=O) groups is 1. The Morgan fingerprint density at radius 1 is 1.58 bits per heavy atom. The van der Waals surface area contributed by atoms with Crippen LogP contribution in [-0.4, -0.2) is 15.9 Å². The van der Waals surface area contributed by atoms with Gasteiger partial charge in [0.05, 0.1) is 6.04 Å². The first-order valence-electron chi connectivity index (χ1n) is 6.23. The summed E-state index contributed by atoms with van der Waals surface area (Å²) in [6.07, 6.45) is 7.65. The summed E-state index contributed by atoms with van der Waals surface area (Å²) in [7, 11) is 0. The van der Waals surface area contributed by atoms with Crippen LogP contribution in [0.25, 0.3) is 6.08 Å². The first-order chi connectivity index (χ1) is 9.19. The number of H-pyrrole nitrogens is 1. The Bertz CT molecular complexity index is 557. The van der Waals surface area contributed by atoms with Gasteiger partial charge in [0.15, 0.2) is 0 Å². The molecule has 1 amide bonds. The number of aromatic amines is 1. The van der Waals surface area contributed by atoms with Gasteiger partial charge in [-0.1, -0.05) is 6.92 Å². The number of hydrogen-bond acceptors (Lipinski definition) is 3. The lowest BCUT2D eigenvalue weighted by molar-refractivity contribution is -0.117. The number of nitrogens with one attached hydrogen (secondary N) is 2. The van der Waals surface area contributed by atoms with Crippen molar-refractivity contribution in [1.29, 1.82) is 0 Å². The van der Waals surface area contributed by atoms with Gasteiger partial charge < -0.3 is 10.3 Å². The molecule has 5 heteroatoms. The van der Waals surface area contributed by atoms with Gasteiger partial charge in [-0.3, -0.25) is 4.79 Å². The van der Waals surface area contributed by atoms with E-state index in [4.69, 9.17) is 0 Å². The lowest BCUT2D eigenvalue weighted by Crippen LogP contribution is -2.27. The average Bonchev–Trinajstić information content (AvgIpc) is 3.05. The van der Waals surface area contributed by atoms with Crippen molar-refractivity contribution in [3.05, 3.63) is 46.2 Å². The quantitative estimate of drug-likeness (QED) is 0.824. The molecule has 0 aliphatic heterocycles. The number of nitrogens with zero attached hydrogens (tertiary/aromatic N) is 1. The number of hydrogen-bond donors (Lipinski definition) is 2. The molecule has 0 radical (unpaired) electrons. The predicted molar refractivity (Wildman–Crippen MR) is 77.9 cm³/mol. The summed E-state index contributed by atoms with van der Waals surface area (Å²) in [6.45, 7) is 4.06.